The van der Waals surface area contributed by atoms with Crippen molar-refractivity contribution < 1.29 is 13.7 Å². The van der Waals surface area contributed by atoms with Crippen LogP contribution in [-0.2, 0) is 11.3 Å². The summed E-state index contributed by atoms with van der Waals surface area (Å²) in [6.45, 7) is 8.01. The van der Waals surface area contributed by atoms with Crippen molar-refractivity contribution in [1.29, 1.82) is 0 Å². The minimum absolute atomic E-state index is 0.185. The Kier molecular flexibility index (Phi) is 5.73. The maximum absolute atomic E-state index is 13.9. The average molecular weight is 399 g/mol. The molecule has 7 nitrogen and oxygen atoms in total. The van der Waals surface area contributed by atoms with Gasteiger partial charge in [0.2, 0.25) is 5.89 Å². The van der Waals surface area contributed by atoms with Gasteiger partial charge in [0.1, 0.15) is 11.9 Å². The topological polar surface area (TPSA) is 67.5 Å². The van der Waals surface area contributed by atoms with Crippen LogP contribution in [0.5, 0.6) is 0 Å². The number of aromatic nitrogens is 3. The van der Waals surface area contributed by atoms with E-state index >= 15 is 0 Å². The quantitative estimate of drug-likeness (QED) is 0.651. The smallest absolute Gasteiger partial charge is 0.240 e. The Morgan fingerprint density at radius 3 is 2.86 bits per heavy atom. The Bertz CT molecular complexity index is 992. The van der Waals surface area contributed by atoms with E-state index in [1.54, 1.807) is 19.2 Å². The number of aryl methyl sites for hydroxylation is 1. The zero-order valence-corrected chi connectivity index (χ0v) is 17.1. The van der Waals surface area contributed by atoms with Crippen LogP contribution in [0.25, 0.3) is 10.9 Å². The fraction of sp³-hybridized carbons (Fsp3) is 0.476. The van der Waals surface area contributed by atoms with Crippen molar-refractivity contribution in [3.63, 3.8) is 0 Å². The van der Waals surface area contributed by atoms with E-state index in [1.165, 1.54) is 6.07 Å². The van der Waals surface area contributed by atoms with Crippen LogP contribution >= 0.6 is 0 Å². The van der Waals surface area contributed by atoms with Gasteiger partial charge in [-0.15, -0.1) is 0 Å². The normalized spacial score (nSPS) is 16.9. The number of nitrogens with zero attached hydrogens (tertiary/aromatic N) is 5. The second-order valence-corrected chi connectivity index (χ2v) is 7.49. The number of fused-ring (bicyclic) bond motifs is 1. The van der Waals surface area contributed by atoms with Crippen molar-refractivity contribution in [2.45, 2.75) is 32.9 Å². The van der Waals surface area contributed by atoms with E-state index < -0.39 is 0 Å². The third-order valence-electron chi connectivity index (χ3n) is 5.37. The molecule has 1 aromatic carbocycles. The summed E-state index contributed by atoms with van der Waals surface area (Å²) < 4.78 is 24.5. The van der Waals surface area contributed by atoms with Gasteiger partial charge in [0.05, 0.1) is 12.1 Å². The zero-order valence-electron chi connectivity index (χ0n) is 17.1. The molecule has 1 unspecified atom stereocenters. The first-order chi connectivity index (χ1) is 14.0. The van der Waals surface area contributed by atoms with E-state index in [0.29, 0.717) is 18.3 Å². The van der Waals surface area contributed by atoms with Gasteiger partial charge in [-0.05, 0) is 44.5 Å². The number of benzene rings is 1. The number of anilines is 1. The minimum atomic E-state index is -0.238. The fourth-order valence-corrected chi connectivity index (χ4v) is 3.73. The number of ether oxygens (including phenoxy) is 1. The number of hydrogen-bond donors (Lipinski definition) is 0. The van der Waals surface area contributed by atoms with Gasteiger partial charge in [0.25, 0.3) is 0 Å². The third kappa shape index (κ3) is 4.38. The van der Waals surface area contributed by atoms with E-state index in [1.807, 2.05) is 19.9 Å². The van der Waals surface area contributed by atoms with E-state index in [0.717, 1.165) is 54.9 Å². The van der Waals surface area contributed by atoms with Crippen molar-refractivity contribution in [1.82, 2.24) is 20.0 Å². The van der Waals surface area contributed by atoms with Crippen LogP contribution in [0.2, 0.25) is 0 Å². The van der Waals surface area contributed by atoms with Crippen LogP contribution in [0.3, 0.4) is 0 Å². The molecule has 1 saturated heterocycles. The number of pyridine rings is 1. The molecule has 154 valence electrons. The van der Waals surface area contributed by atoms with E-state index in [4.69, 9.17) is 9.26 Å². The maximum atomic E-state index is 13.9. The lowest BCUT2D eigenvalue weighted by Gasteiger charge is -2.25. The standard InChI is InChI=1S/C21H26FN5O2/c1-14-11-19(17-12-16(22)5-6-18(17)23-14)27-8-4-7-26(9-10-27)13-20-24-21(25-29-20)15(2)28-3/h5-6,11-12,15H,4,7-10,13H2,1-3H3. The van der Waals surface area contributed by atoms with Crippen molar-refractivity contribution in [2.75, 3.05) is 38.2 Å². The highest BCUT2D eigenvalue weighted by Crippen LogP contribution is 2.28. The number of rotatable bonds is 5. The van der Waals surface area contributed by atoms with Crippen LogP contribution in [0, 0.1) is 12.7 Å². The lowest BCUT2D eigenvalue weighted by molar-refractivity contribution is 0.109. The van der Waals surface area contributed by atoms with Crippen LogP contribution in [0.15, 0.2) is 28.8 Å². The van der Waals surface area contributed by atoms with Gasteiger partial charge in [0, 0.05) is 50.1 Å². The van der Waals surface area contributed by atoms with Gasteiger partial charge in [-0.25, -0.2) is 4.39 Å². The molecule has 29 heavy (non-hydrogen) atoms. The highest BCUT2D eigenvalue weighted by atomic mass is 19.1. The molecule has 0 spiro atoms. The predicted molar refractivity (Wildman–Crippen MR) is 108 cm³/mol. The zero-order chi connectivity index (χ0) is 20.4. The van der Waals surface area contributed by atoms with Crippen LogP contribution in [-0.4, -0.2) is 53.3 Å². The molecule has 2 aromatic heterocycles. The van der Waals surface area contributed by atoms with Gasteiger partial charge < -0.3 is 14.2 Å². The molecular formula is C21H26FN5O2. The predicted octanol–water partition coefficient (Wildman–Crippen LogP) is 3.49. The molecule has 4 rings (SSSR count). The second kappa shape index (κ2) is 8.42. The summed E-state index contributed by atoms with van der Waals surface area (Å²) in [5, 5.41) is 4.86. The number of hydrogen-bond acceptors (Lipinski definition) is 7. The molecule has 0 saturated carbocycles. The summed E-state index contributed by atoms with van der Waals surface area (Å²) in [6.07, 6.45) is 0.809. The highest BCUT2D eigenvalue weighted by molar-refractivity contribution is 5.92. The lowest BCUT2D eigenvalue weighted by Crippen LogP contribution is -2.30. The van der Waals surface area contributed by atoms with Gasteiger partial charge in [0.15, 0.2) is 5.82 Å². The molecule has 0 N–H and O–H groups in total. The molecule has 1 aliphatic rings. The Balaban J connectivity index is 1.49. The highest BCUT2D eigenvalue weighted by Gasteiger charge is 2.20. The number of halogens is 1. The van der Waals surface area contributed by atoms with Gasteiger partial charge >= 0.3 is 0 Å². The molecule has 0 bridgehead atoms. The SMILES string of the molecule is COC(C)c1noc(CN2CCCN(c3cc(C)nc4ccc(F)cc34)CC2)n1. The van der Waals surface area contributed by atoms with Crippen LogP contribution in [0.4, 0.5) is 10.1 Å². The van der Waals surface area contributed by atoms with E-state index in [-0.39, 0.29) is 11.9 Å². The van der Waals surface area contributed by atoms with Crippen molar-refractivity contribution in [3.05, 3.63) is 47.5 Å². The molecule has 8 heteroatoms. The minimum Gasteiger partial charge on any atom is -0.374 e. The van der Waals surface area contributed by atoms with Crippen LogP contribution in [0.1, 0.15) is 36.9 Å². The van der Waals surface area contributed by atoms with Gasteiger partial charge in [-0.2, -0.15) is 4.98 Å². The van der Waals surface area contributed by atoms with E-state index in [9.17, 15) is 4.39 Å². The Morgan fingerprint density at radius 1 is 1.17 bits per heavy atom. The van der Waals surface area contributed by atoms with Gasteiger partial charge in [-0.3, -0.25) is 9.88 Å². The molecule has 0 radical (unpaired) electrons. The lowest BCUT2D eigenvalue weighted by atomic mass is 10.1. The first-order valence-electron chi connectivity index (χ1n) is 9.93. The van der Waals surface area contributed by atoms with E-state index in [2.05, 4.69) is 24.9 Å². The van der Waals surface area contributed by atoms with Crippen molar-refractivity contribution in [2.24, 2.45) is 0 Å². The largest absolute Gasteiger partial charge is 0.374 e. The first kappa shape index (κ1) is 19.7. The average Bonchev–Trinajstić information content (AvgIpc) is 3.05. The summed E-state index contributed by atoms with van der Waals surface area (Å²) in [4.78, 5) is 13.6. The first-order valence-corrected chi connectivity index (χ1v) is 9.93. The van der Waals surface area contributed by atoms with Gasteiger partial charge in [-0.1, -0.05) is 5.16 Å². The monoisotopic (exact) mass is 399 g/mol. The molecule has 3 aromatic rings. The summed E-state index contributed by atoms with van der Waals surface area (Å²) in [5.41, 5.74) is 2.81. The van der Waals surface area contributed by atoms with Crippen LogP contribution < -0.4 is 4.90 Å². The Morgan fingerprint density at radius 2 is 2.03 bits per heavy atom. The van der Waals surface area contributed by atoms with Crippen molar-refractivity contribution >= 4 is 16.6 Å². The summed E-state index contributed by atoms with van der Waals surface area (Å²) in [5.74, 6) is 0.933. The molecule has 0 amide bonds. The molecule has 1 aliphatic heterocycles. The number of methoxy groups -OCH3 is 1. The molecule has 0 aliphatic carbocycles. The molecule has 3 heterocycles. The summed E-state index contributed by atoms with van der Waals surface area (Å²) >= 11 is 0. The third-order valence-corrected chi connectivity index (χ3v) is 5.37. The Labute approximate surface area is 169 Å². The molecule has 1 fully saturated rings. The second-order valence-electron chi connectivity index (χ2n) is 7.49. The molecule has 1 atom stereocenters. The summed E-state index contributed by atoms with van der Waals surface area (Å²) in [6, 6.07) is 6.84. The fourth-order valence-electron chi connectivity index (χ4n) is 3.73. The molecular weight excluding hydrogens is 373 g/mol. The maximum Gasteiger partial charge on any atom is 0.240 e. The van der Waals surface area contributed by atoms with Crippen molar-refractivity contribution in [3.8, 4) is 0 Å². The Hall–Kier alpha value is -2.58. The summed E-state index contributed by atoms with van der Waals surface area (Å²) in [7, 11) is 1.63.